The number of carbonyl (C=O) groups is 1. The summed E-state index contributed by atoms with van der Waals surface area (Å²) in [6, 6.07) is 12.3. The predicted molar refractivity (Wildman–Crippen MR) is 123 cm³/mol. The molecule has 0 saturated heterocycles. The second kappa shape index (κ2) is 9.60. The van der Waals surface area contributed by atoms with E-state index in [0.29, 0.717) is 27.5 Å². The van der Waals surface area contributed by atoms with E-state index in [1.807, 2.05) is 0 Å². The Morgan fingerprint density at radius 1 is 1.12 bits per heavy atom. The third-order valence-electron chi connectivity index (χ3n) is 4.93. The van der Waals surface area contributed by atoms with E-state index in [9.17, 15) is 18.0 Å². The van der Waals surface area contributed by atoms with E-state index in [1.165, 1.54) is 37.5 Å². The first kappa shape index (κ1) is 23.4. The molecule has 1 amide bonds. The number of furan rings is 1. The molecule has 0 saturated carbocycles. The highest BCUT2D eigenvalue weighted by atomic mass is 32.1. The summed E-state index contributed by atoms with van der Waals surface area (Å²) >= 11 is 1.00. The molecule has 0 aliphatic rings. The van der Waals surface area contributed by atoms with Crippen LogP contribution in [0.2, 0.25) is 0 Å². The van der Waals surface area contributed by atoms with E-state index in [1.54, 1.807) is 42.5 Å². The molecule has 0 fully saturated rings. The number of aromatic nitrogens is 1. The van der Waals surface area contributed by atoms with E-state index in [4.69, 9.17) is 13.9 Å². The zero-order chi connectivity index (χ0) is 24.3. The molecule has 0 unspecified atom stereocenters. The highest BCUT2D eigenvalue weighted by Crippen LogP contribution is 2.39. The van der Waals surface area contributed by atoms with Crippen molar-refractivity contribution < 1.29 is 31.9 Å². The van der Waals surface area contributed by atoms with Crippen LogP contribution in [0.4, 0.5) is 18.3 Å². The van der Waals surface area contributed by atoms with Crippen LogP contribution in [-0.2, 0) is 17.5 Å². The molecule has 0 bridgehead atoms. The number of ether oxygens (including phenoxy) is 2. The number of carbonyl (C=O) groups excluding carboxylic acids is 1. The van der Waals surface area contributed by atoms with Crippen molar-refractivity contribution in [3.63, 3.8) is 0 Å². The smallest absolute Gasteiger partial charge is 0.418 e. The minimum atomic E-state index is -4.56. The van der Waals surface area contributed by atoms with Gasteiger partial charge in [-0.2, -0.15) is 13.2 Å². The summed E-state index contributed by atoms with van der Waals surface area (Å²) in [5, 5.41) is 0.130. The number of fused-ring (bicyclic) bond motifs is 1. The Morgan fingerprint density at radius 3 is 2.59 bits per heavy atom. The van der Waals surface area contributed by atoms with E-state index in [-0.39, 0.29) is 17.2 Å². The molecule has 34 heavy (non-hydrogen) atoms. The van der Waals surface area contributed by atoms with Gasteiger partial charge in [-0.15, -0.1) is 0 Å². The molecule has 2 aromatic heterocycles. The molecule has 0 aliphatic heterocycles. The van der Waals surface area contributed by atoms with Gasteiger partial charge >= 0.3 is 6.18 Å². The van der Waals surface area contributed by atoms with Gasteiger partial charge in [0, 0.05) is 6.08 Å². The zero-order valence-electron chi connectivity index (χ0n) is 18.1. The number of benzene rings is 2. The molecule has 2 heterocycles. The first-order valence-corrected chi connectivity index (χ1v) is 10.8. The SMILES string of the molecule is COc1ccc(/C=C/C(=O)N(Cc2ccco2)c2nc3c(C(F)(F)F)cccc3s2)cc1OC. The Labute approximate surface area is 196 Å². The van der Waals surface area contributed by atoms with Crippen LogP contribution in [-0.4, -0.2) is 25.1 Å². The van der Waals surface area contributed by atoms with Crippen LogP contribution in [0, 0.1) is 0 Å². The summed E-state index contributed by atoms with van der Waals surface area (Å²) in [7, 11) is 3.02. The van der Waals surface area contributed by atoms with Gasteiger partial charge in [0.25, 0.3) is 5.91 Å². The fourth-order valence-corrected chi connectivity index (χ4v) is 4.29. The minimum absolute atomic E-state index is 0.00325. The number of nitrogens with zero attached hydrogens (tertiary/aromatic N) is 2. The van der Waals surface area contributed by atoms with E-state index >= 15 is 0 Å². The highest BCUT2D eigenvalue weighted by Gasteiger charge is 2.34. The lowest BCUT2D eigenvalue weighted by atomic mass is 10.2. The van der Waals surface area contributed by atoms with Gasteiger partial charge in [0.15, 0.2) is 16.6 Å². The summed E-state index contributed by atoms with van der Waals surface area (Å²) in [6.45, 7) is 0.00325. The molecule has 2 aromatic carbocycles. The van der Waals surface area contributed by atoms with Gasteiger partial charge in [-0.3, -0.25) is 9.69 Å². The number of rotatable bonds is 7. The van der Waals surface area contributed by atoms with Crippen LogP contribution >= 0.6 is 11.3 Å². The summed E-state index contributed by atoms with van der Waals surface area (Å²) in [6.07, 6.45) is -0.208. The van der Waals surface area contributed by atoms with Crippen molar-refractivity contribution in [2.75, 3.05) is 19.1 Å². The normalized spacial score (nSPS) is 11.8. The second-order valence-corrected chi connectivity index (χ2v) is 8.11. The lowest BCUT2D eigenvalue weighted by molar-refractivity contribution is -0.136. The Kier molecular flexibility index (Phi) is 6.60. The summed E-state index contributed by atoms with van der Waals surface area (Å²) in [5.74, 6) is 1.03. The van der Waals surface area contributed by atoms with Gasteiger partial charge in [0.05, 0.1) is 42.8 Å². The number of para-hydroxylation sites is 1. The first-order valence-electron chi connectivity index (χ1n) is 10.0. The van der Waals surface area contributed by atoms with Gasteiger partial charge in [-0.05, 0) is 48.0 Å². The maximum Gasteiger partial charge on any atom is 0.418 e. The lowest BCUT2D eigenvalue weighted by Crippen LogP contribution is -2.28. The van der Waals surface area contributed by atoms with Crippen molar-refractivity contribution in [2.45, 2.75) is 12.7 Å². The number of alkyl halides is 3. The van der Waals surface area contributed by atoms with Crippen molar-refractivity contribution in [3.05, 3.63) is 77.8 Å². The van der Waals surface area contributed by atoms with Gasteiger partial charge in [-0.25, -0.2) is 4.98 Å². The van der Waals surface area contributed by atoms with Crippen molar-refractivity contribution >= 4 is 38.7 Å². The van der Waals surface area contributed by atoms with Crippen molar-refractivity contribution in [2.24, 2.45) is 0 Å². The largest absolute Gasteiger partial charge is 0.493 e. The Bertz CT molecular complexity index is 1330. The molecule has 4 rings (SSSR count). The quantitative estimate of drug-likeness (QED) is 0.291. The van der Waals surface area contributed by atoms with Gasteiger partial charge in [0.1, 0.15) is 5.76 Å². The molecule has 0 aliphatic carbocycles. The second-order valence-electron chi connectivity index (χ2n) is 7.10. The molecule has 0 N–H and O–H groups in total. The summed E-state index contributed by atoms with van der Waals surface area (Å²) < 4.78 is 56.5. The Hall–Kier alpha value is -3.79. The molecule has 10 heteroatoms. The first-order chi connectivity index (χ1) is 16.3. The number of hydrogen-bond acceptors (Lipinski definition) is 6. The number of amides is 1. The molecular formula is C24H19F3N2O4S. The van der Waals surface area contributed by atoms with Crippen LogP contribution < -0.4 is 14.4 Å². The van der Waals surface area contributed by atoms with Crippen LogP contribution in [0.25, 0.3) is 16.3 Å². The van der Waals surface area contributed by atoms with Crippen molar-refractivity contribution in [1.29, 1.82) is 0 Å². The molecular weight excluding hydrogens is 469 g/mol. The third kappa shape index (κ3) is 4.91. The minimum Gasteiger partial charge on any atom is -0.493 e. The van der Waals surface area contributed by atoms with Crippen LogP contribution in [0.3, 0.4) is 0 Å². The number of anilines is 1. The van der Waals surface area contributed by atoms with E-state index in [0.717, 1.165) is 17.4 Å². The predicted octanol–water partition coefficient (Wildman–Crippen LogP) is 6.17. The molecule has 0 atom stereocenters. The monoisotopic (exact) mass is 488 g/mol. The highest BCUT2D eigenvalue weighted by molar-refractivity contribution is 7.22. The van der Waals surface area contributed by atoms with Gasteiger partial charge in [0.2, 0.25) is 0 Å². The Balaban J connectivity index is 1.69. The number of thiazole rings is 1. The van der Waals surface area contributed by atoms with Crippen LogP contribution in [0.5, 0.6) is 11.5 Å². The number of halogens is 3. The topological polar surface area (TPSA) is 64.8 Å². The average molecular weight is 488 g/mol. The molecule has 0 spiro atoms. The summed E-state index contributed by atoms with van der Waals surface area (Å²) in [4.78, 5) is 18.6. The number of methoxy groups -OCH3 is 2. The lowest BCUT2D eigenvalue weighted by Gasteiger charge is -2.16. The molecule has 6 nitrogen and oxygen atoms in total. The molecule has 4 aromatic rings. The molecule has 0 radical (unpaired) electrons. The van der Waals surface area contributed by atoms with Crippen molar-refractivity contribution in [3.8, 4) is 11.5 Å². The zero-order valence-corrected chi connectivity index (χ0v) is 18.9. The third-order valence-corrected chi connectivity index (χ3v) is 5.97. The van der Waals surface area contributed by atoms with E-state index in [2.05, 4.69) is 4.98 Å². The van der Waals surface area contributed by atoms with Gasteiger partial charge in [-0.1, -0.05) is 23.5 Å². The summed E-state index contributed by atoms with van der Waals surface area (Å²) in [5.41, 5.74) is -0.373. The number of hydrogen-bond donors (Lipinski definition) is 0. The Morgan fingerprint density at radius 2 is 1.91 bits per heavy atom. The average Bonchev–Trinajstić information content (AvgIpc) is 3.49. The van der Waals surface area contributed by atoms with E-state index < -0.39 is 17.6 Å². The molecule has 176 valence electrons. The van der Waals surface area contributed by atoms with Crippen LogP contribution in [0.1, 0.15) is 16.9 Å². The fourth-order valence-electron chi connectivity index (χ4n) is 3.29. The fraction of sp³-hybridized carbons (Fsp3) is 0.167. The van der Waals surface area contributed by atoms with Crippen molar-refractivity contribution in [1.82, 2.24) is 4.98 Å². The maximum absolute atomic E-state index is 13.5. The standard InChI is InChI=1S/C24H19F3N2O4S/c1-31-18-10-8-15(13-19(18)32-2)9-11-21(30)29(14-16-5-4-12-33-16)23-28-22-17(24(25,26)27)6-3-7-20(22)34-23/h3-13H,14H2,1-2H3/b11-9+. The van der Waals surface area contributed by atoms with Crippen LogP contribution in [0.15, 0.2) is 65.3 Å². The van der Waals surface area contributed by atoms with Gasteiger partial charge < -0.3 is 13.9 Å². The maximum atomic E-state index is 13.5.